The molecular weight excluding hydrogens is 221 g/mol. The summed E-state index contributed by atoms with van der Waals surface area (Å²) in [5.74, 6) is -0.513. The van der Waals surface area contributed by atoms with E-state index in [1.165, 1.54) is 12.1 Å². The molecule has 0 N–H and O–H groups in total. The Morgan fingerprint density at radius 3 is 2.65 bits per heavy atom. The van der Waals surface area contributed by atoms with Crippen LogP contribution in [0.2, 0.25) is 0 Å². The van der Waals surface area contributed by atoms with Crippen LogP contribution in [0.1, 0.15) is 19.4 Å². The Kier molecular flexibility index (Phi) is 3.04. The van der Waals surface area contributed by atoms with Crippen molar-refractivity contribution in [3.8, 4) is 0 Å². The third-order valence-corrected chi connectivity index (χ3v) is 2.33. The van der Waals surface area contributed by atoms with Gasteiger partial charge in [-0.25, -0.2) is 14.2 Å². The highest BCUT2D eigenvalue weighted by molar-refractivity contribution is 6.07. The van der Waals surface area contributed by atoms with Gasteiger partial charge in [-0.1, -0.05) is 32.0 Å². The van der Waals surface area contributed by atoms with Gasteiger partial charge >= 0.3 is 5.97 Å². The summed E-state index contributed by atoms with van der Waals surface area (Å²) in [5, 5.41) is 0. The minimum absolute atomic E-state index is 0.0328. The number of esters is 1. The first kappa shape index (κ1) is 11.5. The topological polar surface area (TPSA) is 38.7 Å². The summed E-state index contributed by atoms with van der Waals surface area (Å²) in [6.07, 6.45) is 1.40. The molecule has 3 nitrogen and oxygen atoms in total. The number of benzene rings is 1. The van der Waals surface area contributed by atoms with Crippen molar-refractivity contribution in [3.63, 3.8) is 0 Å². The predicted molar refractivity (Wildman–Crippen MR) is 62.7 cm³/mol. The Morgan fingerprint density at radius 2 is 2.06 bits per heavy atom. The van der Waals surface area contributed by atoms with Gasteiger partial charge in [-0.05, 0) is 12.1 Å². The summed E-state index contributed by atoms with van der Waals surface area (Å²) >= 11 is 0. The van der Waals surface area contributed by atoms with Gasteiger partial charge in [0.05, 0.1) is 0 Å². The molecule has 0 atom stereocenters. The largest absolute Gasteiger partial charge is 0.407 e. The Hall–Kier alpha value is -1.97. The molecule has 0 spiro atoms. The first-order valence-electron chi connectivity index (χ1n) is 5.35. The van der Waals surface area contributed by atoms with Gasteiger partial charge in [0.15, 0.2) is 5.70 Å². The minimum atomic E-state index is -0.531. The zero-order valence-electron chi connectivity index (χ0n) is 9.61. The Bertz CT molecular complexity index is 518. The molecule has 4 heteroatoms. The van der Waals surface area contributed by atoms with Gasteiger partial charge in [0, 0.05) is 11.5 Å². The van der Waals surface area contributed by atoms with Crippen LogP contribution in [0.3, 0.4) is 0 Å². The second kappa shape index (κ2) is 4.49. The lowest BCUT2D eigenvalue weighted by Gasteiger charge is -1.99. The van der Waals surface area contributed by atoms with Gasteiger partial charge in [-0.3, -0.25) is 0 Å². The maximum Gasteiger partial charge on any atom is 0.363 e. The smallest absolute Gasteiger partial charge is 0.363 e. The number of carbonyl (C=O) groups excluding carboxylic acids is 1. The van der Waals surface area contributed by atoms with Crippen LogP contribution < -0.4 is 0 Å². The number of hydrogen-bond donors (Lipinski definition) is 0. The van der Waals surface area contributed by atoms with Crippen molar-refractivity contribution in [1.82, 2.24) is 0 Å². The van der Waals surface area contributed by atoms with E-state index in [0.717, 1.165) is 0 Å². The number of carbonyl (C=O) groups is 1. The van der Waals surface area contributed by atoms with Crippen LogP contribution in [0.15, 0.2) is 35.0 Å². The molecule has 0 saturated heterocycles. The number of hydrogen-bond acceptors (Lipinski definition) is 3. The summed E-state index contributed by atoms with van der Waals surface area (Å²) in [6, 6.07) is 6.20. The van der Waals surface area contributed by atoms with E-state index in [-0.39, 0.29) is 17.4 Å². The fraction of sp³-hybridized carbons (Fsp3) is 0.231. The van der Waals surface area contributed by atoms with Gasteiger partial charge in [0.2, 0.25) is 5.90 Å². The molecule has 1 heterocycles. The summed E-state index contributed by atoms with van der Waals surface area (Å²) in [4.78, 5) is 15.5. The van der Waals surface area contributed by atoms with E-state index in [0.29, 0.717) is 11.5 Å². The molecular formula is C13H12FNO2. The molecule has 0 radical (unpaired) electrons. The van der Waals surface area contributed by atoms with Crippen LogP contribution in [-0.2, 0) is 9.53 Å². The molecule has 88 valence electrons. The second-order valence-electron chi connectivity index (χ2n) is 4.05. The number of aliphatic imine (C=N–C) groups is 1. The fourth-order valence-electron chi connectivity index (χ4n) is 1.41. The van der Waals surface area contributed by atoms with Crippen LogP contribution in [0.25, 0.3) is 6.08 Å². The van der Waals surface area contributed by atoms with E-state index in [4.69, 9.17) is 4.74 Å². The monoisotopic (exact) mass is 233 g/mol. The van der Waals surface area contributed by atoms with Gasteiger partial charge < -0.3 is 4.74 Å². The molecule has 17 heavy (non-hydrogen) atoms. The van der Waals surface area contributed by atoms with E-state index in [1.807, 2.05) is 13.8 Å². The van der Waals surface area contributed by atoms with Crippen molar-refractivity contribution in [2.24, 2.45) is 10.9 Å². The van der Waals surface area contributed by atoms with Gasteiger partial charge in [-0.15, -0.1) is 0 Å². The van der Waals surface area contributed by atoms with Crippen LogP contribution in [-0.4, -0.2) is 11.9 Å². The van der Waals surface area contributed by atoms with Gasteiger partial charge in [-0.2, -0.15) is 0 Å². The molecule has 1 aromatic carbocycles. The second-order valence-corrected chi connectivity index (χ2v) is 4.05. The lowest BCUT2D eigenvalue weighted by molar-refractivity contribution is -0.130. The van der Waals surface area contributed by atoms with Crippen molar-refractivity contribution < 1.29 is 13.9 Å². The number of cyclic esters (lactones) is 1. The number of rotatable bonds is 2. The fourth-order valence-corrected chi connectivity index (χ4v) is 1.41. The molecule has 0 bridgehead atoms. The molecule has 1 aliphatic heterocycles. The standard InChI is InChI=1S/C13H12FNO2/c1-8(2)12-15-11(13(16)17-12)7-9-5-3-4-6-10(9)14/h3-8H,1-2H3/b11-7-. The van der Waals surface area contributed by atoms with Crippen LogP contribution >= 0.6 is 0 Å². The van der Waals surface area contributed by atoms with Crippen molar-refractivity contribution >= 4 is 17.9 Å². The average molecular weight is 233 g/mol. The molecule has 0 aromatic heterocycles. The molecule has 0 fully saturated rings. The number of halogens is 1. The molecule has 2 rings (SSSR count). The first-order valence-corrected chi connectivity index (χ1v) is 5.35. The Labute approximate surface area is 98.6 Å². The van der Waals surface area contributed by atoms with Crippen molar-refractivity contribution in [2.45, 2.75) is 13.8 Å². The third-order valence-electron chi connectivity index (χ3n) is 2.33. The van der Waals surface area contributed by atoms with Crippen molar-refractivity contribution in [2.75, 3.05) is 0 Å². The average Bonchev–Trinajstić information content (AvgIpc) is 2.64. The van der Waals surface area contributed by atoms with Crippen LogP contribution in [0, 0.1) is 11.7 Å². The SMILES string of the molecule is CC(C)C1=N/C(=C\c2ccccc2F)C(=O)O1. The number of nitrogens with zero attached hydrogens (tertiary/aromatic N) is 1. The normalized spacial score (nSPS) is 17.5. The highest BCUT2D eigenvalue weighted by Gasteiger charge is 2.24. The van der Waals surface area contributed by atoms with Gasteiger partial charge in [0.1, 0.15) is 5.82 Å². The quantitative estimate of drug-likeness (QED) is 0.582. The Morgan fingerprint density at radius 1 is 1.35 bits per heavy atom. The maximum absolute atomic E-state index is 13.4. The van der Waals surface area contributed by atoms with E-state index in [2.05, 4.69) is 4.99 Å². The van der Waals surface area contributed by atoms with E-state index < -0.39 is 5.97 Å². The van der Waals surface area contributed by atoms with Crippen LogP contribution in [0.4, 0.5) is 4.39 Å². The summed E-state index contributed by atoms with van der Waals surface area (Å²) in [7, 11) is 0. The number of ether oxygens (including phenoxy) is 1. The summed E-state index contributed by atoms with van der Waals surface area (Å²) < 4.78 is 18.3. The predicted octanol–water partition coefficient (Wildman–Crippen LogP) is 2.78. The minimum Gasteiger partial charge on any atom is -0.407 e. The van der Waals surface area contributed by atoms with Gasteiger partial charge in [0.25, 0.3) is 0 Å². The van der Waals surface area contributed by atoms with E-state index in [1.54, 1.807) is 18.2 Å². The lowest BCUT2D eigenvalue weighted by Crippen LogP contribution is -2.09. The van der Waals surface area contributed by atoms with Crippen LogP contribution in [0.5, 0.6) is 0 Å². The van der Waals surface area contributed by atoms with Crippen molar-refractivity contribution in [1.29, 1.82) is 0 Å². The Balaban J connectivity index is 2.35. The highest BCUT2D eigenvalue weighted by Crippen LogP contribution is 2.19. The first-order chi connectivity index (χ1) is 8.08. The highest BCUT2D eigenvalue weighted by atomic mass is 19.1. The third kappa shape index (κ3) is 2.41. The molecule has 1 aromatic rings. The molecule has 0 amide bonds. The molecule has 0 saturated carbocycles. The summed E-state index contributed by atoms with van der Waals surface area (Å²) in [5.41, 5.74) is 0.465. The zero-order valence-corrected chi connectivity index (χ0v) is 9.61. The molecule has 1 aliphatic rings. The zero-order chi connectivity index (χ0) is 12.4. The lowest BCUT2D eigenvalue weighted by atomic mass is 10.2. The molecule has 0 unspecified atom stereocenters. The van der Waals surface area contributed by atoms with E-state index in [9.17, 15) is 9.18 Å². The van der Waals surface area contributed by atoms with E-state index >= 15 is 0 Å². The molecule has 0 aliphatic carbocycles. The van der Waals surface area contributed by atoms with Crippen molar-refractivity contribution in [3.05, 3.63) is 41.3 Å². The maximum atomic E-state index is 13.4. The summed E-state index contributed by atoms with van der Waals surface area (Å²) in [6.45, 7) is 3.75.